The van der Waals surface area contributed by atoms with Crippen LogP contribution < -0.4 is 15.4 Å². The minimum Gasteiger partial charge on any atom is -0.480 e. The van der Waals surface area contributed by atoms with Crippen LogP contribution in [-0.2, 0) is 18.4 Å². The highest BCUT2D eigenvalue weighted by molar-refractivity contribution is 6.34. The number of carbonyl (C=O) groups excluding carboxylic acids is 1. The molecule has 1 saturated heterocycles. The summed E-state index contributed by atoms with van der Waals surface area (Å²) in [4.78, 5) is 13.0. The van der Waals surface area contributed by atoms with E-state index in [1.165, 1.54) is 19.2 Å². The number of ether oxygens (including phenoxy) is 1. The molecule has 5 nitrogen and oxygen atoms in total. The van der Waals surface area contributed by atoms with E-state index in [0.29, 0.717) is 5.56 Å². The van der Waals surface area contributed by atoms with Crippen molar-refractivity contribution in [3.63, 3.8) is 0 Å². The van der Waals surface area contributed by atoms with Crippen LogP contribution in [-0.4, -0.2) is 36.8 Å². The van der Waals surface area contributed by atoms with E-state index >= 15 is 8.78 Å². The smallest absolute Gasteiger partial charge is 0.251 e. The summed E-state index contributed by atoms with van der Waals surface area (Å²) in [7, 11) is 1.37. The van der Waals surface area contributed by atoms with E-state index in [9.17, 15) is 14.3 Å². The van der Waals surface area contributed by atoms with Crippen LogP contribution in [0.3, 0.4) is 0 Å². The van der Waals surface area contributed by atoms with Crippen molar-refractivity contribution in [3.05, 3.63) is 86.9 Å². The number of amides is 1. The molecule has 3 N–H and O–H groups in total. The van der Waals surface area contributed by atoms with E-state index in [1.54, 1.807) is 0 Å². The largest absolute Gasteiger partial charge is 0.480 e. The van der Waals surface area contributed by atoms with Crippen molar-refractivity contribution in [1.82, 2.24) is 10.6 Å². The maximum atomic E-state index is 16.3. The Hall–Kier alpha value is -3.07. The molecule has 2 aliphatic heterocycles. The number of hydrogen-bond acceptors (Lipinski definition) is 4. The Labute approximate surface area is 223 Å². The molecule has 2 heterocycles. The number of hydrogen-bond donors (Lipinski definition) is 3. The van der Waals surface area contributed by atoms with Crippen molar-refractivity contribution in [1.29, 1.82) is 0 Å². The number of rotatable bonds is 4. The van der Waals surface area contributed by atoms with Crippen molar-refractivity contribution >= 4 is 17.5 Å². The molecule has 3 aromatic rings. The normalized spacial score (nSPS) is 25.7. The van der Waals surface area contributed by atoms with Gasteiger partial charge in [-0.2, -0.15) is 0 Å². The Morgan fingerprint density at radius 3 is 2.63 bits per heavy atom. The van der Waals surface area contributed by atoms with Gasteiger partial charge in [0.05, 0.1) is 16.6 Å². The molecule has 3 aromatic carbocycles. The van der Waals surface area contributed by atoms with Gasteiger partial charge in [0.2, 0.25) is 0 Å². The highest BCUT2D eigenvalue weighted by Gasteiger charge is 2.50. The van der Waals surface area contributed by atoms with E-state index in [4.69, 9.17) is 16.3 Å². The molecule has 38 heavy (non-hydrogen) atoms. The number of aliphatic hydroxyl groups is 1. The SMILES string of the molecule is CNC(=O)c1cc2c(c(F)c1-c1c(Cl)c(F)cc3c1C[C@](c1ccccc1)([C@@H]1CCCN1)O3)C[C@H](F)[C@H]2O. The van der Waals surface area contributed by atoms with Crippen LogP contribution in [0.2, 0.25) is 5.02 Å². The Balaban J connectivity index is 1.61. The molecule has 0 unspecified atom stereocenters. The molecule has 1 aliphatic carbocycles. The molecular weight excluding hydrogens is 517 g/mol. The second-order valence-electron chi connectivity index (χ2n) is 10.1. The molecule has 3 aliphatic rings. The molecule has 6 rings (SSSR count). The second-order valence-corrected chi connectivity index (χ2v) is 10.5. The first kappa shape index (κ1) is 25.2. The van der Waals surface area contributed by atoms with E-state index in [0.717, 1.165) is 24.9 Å². The summed E-state index contributed by atoms with van der Waals surface area (Å²) in [6.45, 7) is 0.800. The van der Waals surface area contributed by atoms with Crippen LogP contribution in [0, 0.1) is 11.6 Å². The van der Waals surface area contributed by atoms with Gasteiger partial charge in [0.15, 0.2) is 5.60 Å². The third-order valence-electron chi connectivity index (χ3n) is 8.09. The molecule has 0 bridgehead atoms. The molecule has 1 fully saturated rings. The van der Waals surface area contributed by atoms with Gasteiger partial charge in [-0.3, -0.25) is 4.79 Å². The van der Waals surface area contributed by atoms with Crippen molar-refractivity contribution < 1.29 is 27.8 Å². The number of fused-ring (bicyclic) bond motifs is 2. The van der Waals surface area contributed by atoms with Crippen LogP contribution in [0.1, 0.15) is 51.6 Å². The highest BCUT2D eigenvalue weighted by atomic mass is 35.5. The van der Waals surface area contributed by atoms with Gasteiger partial charge in [-0.15, -0.1) is 0 Å². The standard InChI is InChI=1S/C29H26ClF3N2O3/c1-34-28(37)17-10-16-15(11-20(32)27(16)36)26(33)24(17)23-18-13-29(22-8-5-9-35-22,14-6-3-2-4-7-14)38-21(18)12-19(31)25(23)30/h2-4,6-7,10,12,20,22,27,35-36H,5,8-9,11,13H2,1H3,(H,34,37)/t20-,22-,27-,29-/m0/s1. The van der Waals surface area contributed by atoms with E-state index in [1.807, 2.05) is 30.3 Å². The zero-order valence-electron chi connectivity index (χ0n) is 20.6. The van der Waals surface area contributed by atoms with Crippen molar-refractivity contribution in [2.75, 3.05) is 13.6 Å². The first-order valence-corrected chi connectivity index (χ1v) is 13.0. The van der Waals surface area contributed by atoms with Crippen LogP contribution in [0.4, 0.5) is 13.2 Å². The molecule has 0 saturated carbocycles. The second kappa shape index (κ2) is 9.29. The number of benzene rings is 3. The maximum absolute atomic E-state index is 16.3. The number of carbonyl (C=O) groups is 1. The zero-order chi connectivity index (χ0) is 26.8. The van der Waals surface area contributed by atoms with Crippen LogP contribution in [0.5, 0.6) is 5.75 Å². The van der Waals surface area contributed by atoms with Gasteiger partial charge in [-0.1, -0.05) is 41.9 Å². The molecule has 0 spiro atoms. The fourth-order valence-electron chi connectivity index (χ4n) is 6.26. The Kier molecular flexibility index (Phi) is 6.17. The molecule has 0 radical (unpaired) electrons. The van der Waals surface area contributed by atoms with Gasteiger partial charge < -0.3 is 20.5 Å². The number of aliphatic hydroxyl groups excluding tert-OH is 1. The van der Waals surface area contributed by atoms with Gasteiger partial charge in [0, 0.05) is 42.6 Å². The van der Waals surface area contributed by atoms with Crippen LogP contribution >= 0.6 is 11.6 Å². The van der Waals surface area contributed by atoms with Gasteiger partial charge >= 0.3 is 0 Å². The van der Waals surface area contributed by atoms with Gasteiger partial charge in [0.25, 0.3) is 5.91 Å². The summed E-state index contributed by atoms with van der Waals surface area (Å²) in [5.41, 5.74) is 0.00900. The lowest BCUT2D eigenvalue weighted by Gasteiger charge is -2.35. The summed E-state index contributed by atoms with van der Waals surface area (Å²) in [5, 5.41) is 15.9. The fourth-order valence-corrected chi connectivity index (χ4v) is 6.53. The lowest BCUT2D eigenvalue weighted by Crippen LogP contribution is -2.48. The maximum Gasteiger partial charge on any atom is 0.251 e. The van der Waals surface area contributed by atoms with E-state index < -0.39 is 35.4 Å². The lowest BCUT2D eigenvalue weighted by molar-refractivity contribution is 0.0539. The monoisotopic (exact) mass is 542 g/mol. The summed E-state index contributed by atoms with van der Waals surface area (Å²) in [6, 6.07) is 12.0. The predicted octanol–water partition coefficient (Wildman–Crippen LogP) is 5.15. The van der Waals surface area contributed by atoms with Crippen molar-refractivity contribution in [2.24, 2.45) is 0 Å². The Morgan fingerprint density at radius 1 is 1.18 bits per heavy atom. The lowest BCUT2D eigenvalue weighted by atomic mass is 9.80. The first-order chi connectivity index (χ1) is 18.3. The van der Waals surface area contributed by atoms with Gasteiger partial charge in [0.1, 0.15) is 29.7 Å². The number of halogens is 4. The Morgan fingerprint density at radius 2 is 1.95 bits per heavy atom. The summed E-state index contributed by atoms with van der Waals surface area (Å²) in [6.07, 6.45) is -1.64. The van der Waals surface area contributed by atoms with Gasteiger partial charge in [-0.25, -0.2) is 13.2 Å². The molecule has 1 amide bonds. The highest BCUT2D eigenvalue weighted by Crippen LogP contribution is 2.53. The molecular formula is C29H26ClF3N2O3. The minimum absolute atomic E-state index is 0.00607. The van der Waals surface area contributed by atoms with Crippen molar-refractivity contribution in [2.45, 2.75) is 49.6 Å². The summed E-state index contributed by atoms with van der Waals surface area (Å²) < 4.78 is 52.6. The molecule has 9 heteroatoms. The number of alkyl halides is 1. The van der Waals surface area contributed by atoms with E-state index in [2.05, 4.69) is 10.6 Å². The minimum atomic E-state index is -1.72. The predicted molar refractivity (Wildman–Crippen MR) is 137 cm³/mol. The molecule has 198 valence electrons. The molecule has 0 aromatic heterocycles. The molecule has 4 atom stereocenters. The summed E-state index contributed by atoms with van der Waals surface area (Å²) >= 11 is 6.54. The topological polar surface area (TPSA) is 70.6 Å². The Bertz CT molecular complexity index is 1450. The van der Waals surface area contributed by atoms with E-state index in [-0.39, 0.29) is 57.5 Å². The zero-order valence-corrected chi connectivity index (χ0v) is 21.3. The first-order valence-electron chi connectivity index (χ1n) is 12.7. The van der Waals surface area contributed by atoms with Crippen LogP contribution in [0.15, 0.2) is 42.5 Å². The average Bonchev–Trinajstić information content (AvgIpc) is 3.65. The third-order valence-corrected chi connectivity index (χ3v) is 8.46. The van der Waals surface area contributed by atoms with Crippen LogP contribution in [0.25, 0.3) is 11.1 Å². The quantitative estimate of drug-likeness (QED) is 0.426. The third kappa shape index (κ3) is 3.65. The van der Waals surface area contributed by atoms with Gasteiger partial charge in [-0.05, 0) is 42.1 Å². The van der Waals surface area contributed by atoms with Crippen molar-refractivity contribution in [3.8, 4) is 16.9 Å². The fraction of sp³-hybridized carbons (Fsp3) is 0.345. The average molecular weight is 543 g/mol. The summed E-state index contributed by atoms with van der Waals surface area (Å²) in [5.74, 6) is -2.18. The number of nitrogens with one attached hydrogen (secondary N) is 2.